The molecule has 0 bridgehead atoms. The largest absolute Gasteiger partial charge is 0.399 e. The van der Waals surface area contributed by atoms with E-state index < -0.39 is 0 Å². The molecular weight excluding hydrogens is 178 g/mol. The van der Waals surface area contributed by atoms with Crippen molar-refractivity contribution in [1.29, 1.82) is 5.41 Å². The van der Waals surface area contributed by atoms with E-state index >= 15 is 0 Å². The number of rotatable bonds is 4. The van der Waals surface area contributed by atoms with Crippen LogP contribution < -0.4 is 11.5 Å². The number of hydrogen-bond acceptors (Lipinski definition) is 3. The standard InChI is InChI=1S/C10H13N3O/c11-9-4-3-8(10(12)13)6-7(9)2-1-5-14/h3-6H,1-2,11H2,(H3,12,13). The minimum Gasteiger partial charge on any atom is -0.399 e. The molecule has 0 fully saturated rings. The molecule has 0 atom stereocenters. The molecule has 0 aliphatic rings. The highest BCUT2D eigenvalue weighted by atomic mass is 16.1. The van der Waals surface area contributed by atoms with Crippen LogP contribution in [0.5, 0.6) is 0 Å². The molecule has 0 radical (unpaired) electrons. The molecule has 0 saturated carbocycles. The molecule has 0 aliphatic heterocycles. The fraction of sp³-hybridized carbons (Fsp3) is 0.200. The second kappa shape index (κ2) is 4.41. The first-order chi connectivity index (χ1) is 6.65. The molecule has 1 rings (SSSR count). The molecule has 0 unspecified atom stereocenters. The maximum absolute atomic E-state index is 10.2. The van der Waals surface area contributed by atoms with Crippen LogP contribution in [0.1, 0.15) is 17.5 Å². The van der Waals surface area contributed by atoms with Crippen LogP contribution in [0.15, 0.2) is 18.2 Å². The predicted molar refractivity (Wildman–Crippen MR) is 56.3 cm³/mol. The predicted octanol–water partition coefficient (Wildman–Crippen LogP) is 0.684. The molecule has 0 heterocycles. The maximum atomic E-state index is 10.2. The number of aldehydes is 1. The fourth-order valence-electron chi connectivity index (χ4n) is 1.20. The lowest BCUT2D eigenvalue weighted by atomic mass is 10.0. The van der Waals surface area contributed by atoms with Gasteiger partial charge in [0.05, 0.1) is 0 Å². The lowest BCUT2D eigenvalue weighted by Gasteiger charge is -2.06. The summed E-state index contributed by atoms with van der Waals surface area (Å²) in [5.41, 5.74) is 13.2. The molecule has 74 valence electrons. The number of anilines is 1. The minimum atomic E-state index is 0.0114. The monoisotopic (exact) mass is 191 g/mol. The van der Waals surface area contributed by atoms with Gasteiger partial charge in [-0.3, -0.25) is 5.41 Å². The molecule has 5 N–H and O–H groups in total. The van der Waals surface area contributed by atoms with Gasteiger partial charge in [0.25, 0.3) is 0 Å². The molecule has 14 heavy (non-hydrogen) atoms. The zero-order valence-electron chi connectivity index (χ0n) is 7.79. The van der Waals surface area contributed by atoms with Crippen molar-refractivity contribution in [1.82, 2.24) is 0 Å². The number of aryl methyl sites for hydroxylation is 1. The van der Waals surface area contributed by atoms with Crippen molar-refractivity contribution in [2.24, 2.45) is 5.73 Å². The molecule has 4 heteroatoms. The van der Waals surface area contributed by atoms with Crippen molar-refractivity contribution in [3.63, 3.8) is 0 Å². The molecule has 4 nitrogen and oxygen atoms in total. The quantitative estimate of drug-likeness (QED) is 0.283. The van der Waals surface area contributed by atoms with Crippen LogP contribution in [-0.4, -0.2) is 12.1 Å². The van der Waals surface area contributed by atoms with Crippen molar-refractivity contribution in [2.75, 3.05) is 5.73 Å². The van der Waals surface area contributed by atoms with Gasteiger partial charge in [0.1, 0.15) is 12.1 Å². The summed E-state index contributed by atoms with van der Waals surface area (Å²) in [7, 11) is 0. The lowest BCUT2D eigenvalue weighted by molar-refractivity contribution is -0.107. The Kier molecular flexibility index (Phi) is 3.23. The molecule has 0 aliphatic carbocycles. The van der Waals surface area contributed by atoms with E-state index in [9.17, 15) is 4.79 Å². The van der Waals surface area contributed by atoms with E-state index in [2.05, 4.69) is 0 Å². The van der Waals surface area contributed by atoms with Crippen LogP contribution in [0.2, 0.25) is 0 Å². The first kappa shape index (κ1) is 10.2. The van der Waals surface area contributed by atoms with Gasteiger partial charge in [-0.25, -0.2) is 0 Å². The average molecular weight is 191 g/mol. The number of benzene rings is 1. The van der Waals surface area contributed by atoms with E-state index in [0.29, 0.717) is 24.1 Å². The number of carbonyl (C=O) groups excluding carboxylic acids is 1. The third kappa shape index (κ3) is 2.32. The number of hydrogen-bond donors (Lipinski definition) is 3. The zero-order chi connectivity index (χ0) is 10.6. The number of nitrogens with two attached hydrogens (primary N) is 2. The van der Waals surface area contributed by atoms with E-state index in [-0.39, 0.29) is 5.84 Å². The van der Waals surface area contributed by atoms with Gasteiger partial charge in [-0.15, -0.1) is 0 Å². The van der Waals surface area contributed by atoms with E-state index in [0.717, 1.165) is 11.8 Å². The second-order valence-corrected chi connectivity index (χ2v) is 3.03. The van der Waals surface area contributed by atoms with Crippen molar-refractivity contribution in [2.45, 2.75) is 12.8 Å². The van der Waals surface area contributed by atoms with Crippen LogP contribution in [0.4, 0.5) is 5.69 Å². The third-order valence-electron chi connectivity index (χ3n) is 1.99. The van der Waals surface area contributed by atoms with Crippen LogP contribution in [0.3, 0.4) is 0 Å². The summed E-state index contributed by atoms with van der Waals surface area (Å²) in [5, 5.41) is 7.25. The summed E-state index contributed by atoms with van der Waals surface area (Å²) in [6.45, 7) is 0. The zero-order valence-corrected chi connectivity index (χ0v) is 7.79. The maximum Gasteiger partial charge on any atom is 0.122 e. The van der Waals surface area contributed by atoms with Gasteiger partial charge < -0.3 is 16.3 Å². The Balaban J connectivity index is 2.95. The molecule has 0 spiro atoms. The highest BCUT2D eigenvalue weighted by Gasteiger charge is 2.02. The van der Waals surface area contributed by atoms with Gasteiger partial charge in [0.15, 0.2) is 0 Å². The van der Waals surface area contributed by atoms with E-state index in [1.54, 1.807) is 18.2 Å². The van der Waals surface area contributed by atoms with E-state index in [1.165, 1.54) is 0 Å². The molecular formula is C10H13N3O. The highest BCUT2D eigenvalue weighted by Crippen LogP contribution is 2.15. The summed E-state index contributed by atoms with van der Waals surface area (Å²) in [5.74, 6) is 0.0114. The Morgan fingerprint density at radius 2 is 2.21 bits per heavy atom. The molecule has 0 saturated heterocycles. The summed E-state index contributed by atoms with van der Waals surface area (Å²) < 4.78 is 0. The number of nitrogen functional groups attached to an aromatic ring is 2. The van der Waals surface area contributed by atoms with Gasteiger partial charge in [0.2, 0.25) is 0 Å². The summed E-state index contributed by atoms with van der Waals surface area (Å²) in [6.07, 6.45) is 1.88. The third-order valence-corrected chi connectivity index (χ3v) is 1.99. The summed E-state index contributed by atoms with van der Waals surface area (Å²) in [4.78, 5) is 10.2. The smallest absolute Gasteiger partial charge is 0.122 e. The number of carbonyl (C=O) groups is 1. The van der Waals surface area contributed by atoms with Crippen LogP contribution in [0.25, 0.3) is 0 Å². The van der Waals surface area contributed by atoms with Gasteiger partial charge in [-0.05, 0) is 30.2 Å². The summed E-state index contributed by atoms with van der Waals surface area (Å²) in [6, 6.07) is 5.15. The molecule has 1 aromatic carbocycles. The van der Waals surface area contributed by atoms with Crippen molar-refractivity contribution in [3.05, 3.63) is 29.3 Å². The SMILES string of the molecule is N=C(N)c1ccc(N)c(CCC=O)c1. The average Bonchev–Trinajstić information content (AvgIpc) is 2.16. The Hall–Kier alpha value is -1.84. The molecule has 0 aromatic heterocycles. The normalized spacial score (nSPS) is 9.71. The Bertz CT molecular complexity index is 360. The molecule has 1 aromatic rings. The topological polar surface area (TPSA) is 93.0 Å². The van der Waals surface area contributed by atoms with Crippen molar-refractivity contribution in [3.8, 4) is 0 Å². The Morgan fingerprint density at radius 3 is 2.79 bits per heavy atom. The van der Waals surface area contributed by atoms with Gasteiger partial charge >= 0.3 is 0 Å². The van der Waals surface area contributed by atoms with Gasteiger partial charge in [0, 0.05) is 17.7 Å². The Morgan fingerprint density at radius 1 is 1.50 bits per heavy atom. The number of nitrogens with one attached hydrogen (secondary N) is 1. The van der Waals surface area contributed by atoms with Crippen molar-refractivity contribution >= 4 is 17.8 Å². The second-order valence-electron chi connectivity index (χ2n) is 3.03. The lowest BCUT2D eigenvalue weighted by Crippen LogP contribution is -2.11. The number of amidine groups is 1. The first-order valence-corrected chi connectivity index (χ1v) is 4.31. The van der Waals surface area contributed by atoms with E-state index in [1.807, 2.05) is 0 Å². The van der Waals surface area contributed by atoms with Gasteiger partial charge in [-0.2, -0.15) is 0 Å². The van der Waals surface area contributed by atoms with Crippen LogP contribution >= 0.6 is 0 Å². The molecule has 0 amide bonds. The fourth-order valence-corrected chi connectivity index (χ4v) is 1.20. The highest BCUT2D eigenvalue weighted by molar-refractivity contribution is 5.95. The van der Waals surface area contributed by atoms with Crippen LogP contribution in [0, 0.1) is 5.41 Å². The van der Waals surface area contributed by atoms with E-state index in [4.69, 9.17) is 16.9 Å². The first-order valence-electron chi connectivity index (χ1n) is 4.31. The van der Waals surface area contributed by atoms with Crippen LogP contribution in [-0.2, 0) is 11.2 Å². The van der Waals surface area contributed by atoms with Crippen molar-refractivity contribution < 1.29 is 4.79 Å². The van der Waals surface area contributed by atoms with Gasteiger partial charge in [-0.1, -0.05) is 0 Å². The summed E-state index contributed by atoms with van der Waals surface area (Å²) >= 11 is 0. The Labute approximate surface area is 82.4 Å². The minimum absolute atomic E-state index is 0.0114.